The minimum atomic E-state index is -4.75. The van der Waals surface area contributed by atoms with Gasteiger partial charge in [0.15, 0.2) is 11.5 Å². The Labute approximate surface area is 200 Å². The summed E-state index contributed by atoms with van der Waals surface area (Å²) >= 11 is 0. The summed E-state index contributed by atoms with van der Waals surface area (Å²) in [6, 6.07) is 10.3. The molecular weight excluding hydrogens is 467 g/mol. The molecule has 2 aromatic rings. The van der Waals surface area contributed by atoms with Crippen LogP contribution in [0.2, 0.25) is 0 Å². The molecule has 1 saturated carbocycles. The molecule has 0 heterocycles. The van der Waals surface area contributed by atoms with Crippen LogP contribution in [-0.4, -0.2) is 36.0 Å². The number of benzene rings is 2. The number of rotatable bonds is 9. The second-order valence-corrected chi connectivity index (χ2v) is 8.16. The third-order valence-electron chi connectivity index (χ3n) is 5.65. The van der Waals surface area contributed by atoms with E-state index in [1.165, 1.54) is 37.5 Å². The van der Waals surface area contributed by atoms with Gasteiger partial charge in [-0.05, 0) is 54.3 Å². The molecule has 0 spiro atoms. The van der Waals surface area contributed by atoms with Crippen molar-refractivity contribution in [2.24, 2.45) is 0 Å². The number of alkyl halides is 3. The van der Waals surface area contributed by atoms with Gasteiger partial charge >= 0.3 is 12.3 Å². The zero-order valence-corrected chi connectivity index (χ0v) is 19.1. The summed E-state index contributed by atoms with van der Waals surface area (Å²) in [5.41, 5.74) is 0.0230. The van der Waals surface area contributed by atoms with Gasteiger partial charge in [0, 0.05) is 6.08 Å². The van der Waals surface area contributed by atoms with E-state index in [0.717, 1.165) is 19.3 Å². The number of nitrogens with one attached hydrogen (secondary N) is 1. The number of carbonyl (C=O) groups is 2. The minimum absolute atomic E-state index is 0.0809. The molecule has 0 saturated heterocycles. The van der Waals surface area contributed by atoms with Gasteiger partial charge in [-0.15, -0.1) is 13.2 Å². The summed E-state index contributed by atoms with van der Waals surface area (Å²) in [5, 5.41) is 12.2. The van der Waals surface area contributed by atoms with E-state index in [1.54, 1.807) is 24.3 Å². The lowest BCUT2D eigenvalue weighted by Crippen LogP contribution is -2.55. The van der Waals surface area contributed by atoms with Crippen LogP contribution in [-0.2, 0) is 16.2 Å². The lowest BCUT2D eigenvalue weighted by atomic mass is 9.81. The number of methoxy groups -OCH3 is 1. The van der Waals surface area contributed by atoms with Gasteiger partial charge in [0.05, 0.1) is 7.11 Å². The second kappa shape index (κ2) is 11.2. The van der Waals surface area contributed by atoms with Crippen LogP contribution >= 0.6 is 0 Å². The van der Waals surface area contributed by atoms with E-state index in [1.807, 2.05) is 0 Å². The molecule has 1 fully saturated rings. The average Bonchev–Trinajstić information content (AvgIpc) is 2.82. The Morgan fingerprint density at radius 2 is 1.74 bits per heavy atom. The number of ether oxygens (including phenoxy) is 3. The Morgan fingerprint density at radius 1 is 1.06 bits per heavy atom. The summed E-state index contributed by atoms with van der Waals surface area (Å²) in [6.07, 6.45) is 1.32. The van der Waals surface area contributed by atoms with Gasteiger partial charge in [-0.1, -0.05) is 37.5 Å². The first kappa shape index (κ1) is 25.9. The molecule has 188 valence electrons. The number of carbonyl (C=O) groups excluding carboxylic acids is 1. The van der Waals surface area contributed by atoms with E-state index in [2.05, 4.69) is 10.1 Å². The van der Waals surface area contributed by atoms with E-state index < -0.39 is 23.8 Å². The summed E-state index contributed by atoms with van der Waals surface area (Å²) in [7, 11) is 1.45. The van der Waals surface area contributed by atoms with Crippen molar-refractivity contribution in [2.45, 2.75) is 50.6 Å². The molecule has 0 bridgehead atoms. The lowest BCUT2D eigenvalue weighted by molar-refractivity contribution is -0.274. The molecule has 2 aromatic carbocycles. The van der Waals surface area contributed by atoms with Gasteiger partial charge in [0.25, 0.3) is 0 Å². The largest absolute Gasteiger partial charge is 0.573 e. The number of carboxylic acids is 1. The number of halogens is 3. The Hall–Kier alpha value is -3.69. The van der Waals surface area contributed by atoms with Gasteiger partial charge in [-0.3, -0.25) is 4.79 Å². The van der Waals surface area contributed by atoms with Crippen molar-refractivity contribution in [2.75, 3.05) is 7.11 Å². The molecule has 0 atom stereocenters. The van der Waals surface area contributed by atoms with Crippen LogP contribution < -0.4 is 19.5 Å². The highest BCUT2D eigenvalue weighted by molar-refractivity contribution is 5.96. The highest BCUT2D eigenvalue weighted by atomic mass is 19.4. The Kier molecular flexibility index (Phi) is 8.26. The summed E-state index contributed by atoms with van der Waals surface area (Å²) < 4.78 is 51.7. The summed E-state index contributed by atoms with van der Waals surface area (Å²) in [6.45, 7) is 0.0809. The van der Waals surface area contributed by atoms with Crippen molar-refractivity contribution >= 4 is 18.0 Å². The van der Waals surface area contributed by atoms with Gasteiger partial charge in [-0.25, -0.2) is 4.79 Å². The molecular formula is C25H26F3NO6. The van der Waals surface area contributed by atoms with Crippen LogP contribution in [0.4, 0.5) is 13.2 Å². The van der Waals surface area contributed by atoms with E-state index in [0.29, 0.717) is 35.5 Å². The number of amides is 1. The molecule has 7 nitrogen and oxygen atoms in total. The van der Waals surface area contributed by atoms with Crippen molar-refractivity contribution in [3.05, 3.63) is 59.7 Å². The number of carboxylic acid groups (broad SMARTS) is 1. The van der Waals surface area contributed by atoms with Crippen molar-refractivity contribution in [1.82, 2.24) is 5.32 Å². The van der Waals surface area contributed by atoms with E-state index >= 15 is 0 Å². The molecule has 0 radical (unpaired) electrons. The molecule has 0 aliphatic heterocycles. The van der Waals surface area contributed by atoms with Gasteiger partial charge < -0.3 is 24.6 Å². The van der Waals surface area contributed by atoms with Crippen LogP contribution in [0.25, 0.3) is 6.08 Å². The maximum atomic E-state index is 12.4. The summed E-state index contributed by atoms with van der Waals surface area (Å²) in [5.74, 6) is -1.05. The normalized spacial score (nSPS) is 15.4. The van der Waals surface area contributed by atoms with E-state index in [-0.39, 0.29) is 12.4 Å². The number of hydrogen-bond donors (Lipinski definition) is 2. The number of hydrogen-bond acceptors (Lipinski definition) is 5. The van der Waals surface area contributed by atoms with Crippen molar-refractivity contribution in [3.8, 4) is 17.2 Å². The highest BCUT2D eigenvalue weighted by Gasteiger charge is 2.40. The zero-order chi connectivity index (χ0) is 25.5. The average molecular weight is 493 g/mol. The molecule has 0 aromatic heterocycles. The van der Waals surface area contributed by atoms with Crippen LogP contribution in [0, 0.1) is 0 Å². The molecule has 0 unspecified atom stereocenters. The monoisotopic (exact) mass is 493 g/mol. The third-order valence-corrected chi connectivity index (χ3v) is 5.65. The van der Waals surface area contributed by atoms with E-state index in [4.69, 9.17) is 9.47 Å². The smallest absolute Gasteiger partial charge is 0.493 e. The molecule has 35 heavy (non-hydrogen) atoms. The molecule has 3 rings (SSSR count). The van der Waals surface area contributed by atoms with Crippen molar-refractivity contribution in [3.63, 3.8) is 0 Å². The van der Waals surface area contributed by atoms with Gasteiger partial charge in [-0.2, -0.15) is 0 Å². The standard InChI is InChI=1S/C25H26F3NO6/c1-33-21-15-17(8-12-22(30)29-24(23(31)32)13-3-2-4-14-24)7-11-20(21)34-16-18-5-9-19(10-6-18)35-25(26,27)28/h5-12,15H,2-4,13-14,16H2,1H3,(H,29,30)(H,31,32). The predicted octanol–water partition coefficient (Wildman–Crippen LogP) is 5.09. The molecule has 1 aliphatic carbocycles. The maximum Gasteiger partial charge on any atom is 0.573 e. The Morgan fingerprint density at radius 3 is 2.34 bits per heavy atom. The topological polar surface area (TPSA) is 94.1 Å². The van der Waals surface area contributed by atoms with Gasteiger partial charge in [0.1, 0.15) is 17.9 Å². The predicted molar refractivity (Wildman–Crippen MR) is 121 cm³/mol. The first-order valence-electron chi connectivity index (χ1n) is 11.0. The second-order valence-electron chi connectivity index (χ2n) is 8.16. The van der Waals surface area contributed by atoms with Gasteiger partial charge in [0.2, 0.25) is 5.91 Å². The molecule has 10 heteroatoms. The zero-order valence-electron chi connectivity index (χ0n) is 19.1. The quantitative estimate of drug-likeness (QED) is 0.473. The molecule has 2 N–H and O–H groups in total. The van der Waals surface area contributed by atoms with E-state index in [9.17, 15) is 27.9 Å². The van der Waals surface area contributed by atoms with Crippen molar-refractivity contribution < 1.29 is 42.1 Å². The Balaban J connectivity index is 1.61. The van der Waals surface area contributed by atoms with Crippen LogP contribution in [0.5, 0.6) is 17.2 Å². The fourth-order valence-electron chi connectivity index (χ4n) is 3.85. The van der Waals surface area contributed by atoms with Crippen LogP contribution in [0.3, 0.4) is 0 Å². The fourth-order valence-corrected chi connectivity index (χ4v) is 3.85. The van der Waals surface area contributed by atoms with Crippen LogP contribution in [0.1, 0.15) is 43.2 Å². The molecule has 1 amide bonds. The third kappa shape index (κ3) is 7.40. The lowest BCUT2D eigenvalue weighted by Gasteiger charge is -2.33. The molecule has 1 aliphatic rings. The first-order valence-corrected chi connectivity index (χ1v) is 11.0. The first-order chi connectivity index (χ1) is 16.6. The number of aliphatic carboxylic acids is 1. The van der Waals surface area contributed by atoms with Crippen LogP contribution in [0.15, 0.2) is 48.5 Å². The van der Waals surface area contributed by atoms with Crippen molar-refractivity contribution in [1.29, 1.82) is 0 Å². The SMILES string of the molecule is COc1cc(C=CC(=O)NC2(C(=O)O)CCCCC2)ccc1OCc1ccc(OC(F)(F)F)cc1. The fraction of sp³-hybridized carbons (Fsp3) is 0.360. The minimum Gasteiger partial charge on any atom is -0.493 e. The highest BCUT2D eigenvalue weighted by Crippen LogP contribution is 2.31. The maximum absolute atomic E-state index is 12.4. The summed E-state index contributed by atoms with van der Waals surface area (Å²) in [4.78, 5) is 24.1. The Bertz CT molecular complexity index is 1060.